The fraction of sp³-hybridized carbons (Fsp3) is 0.400. The number of carbonyl (C=O) groups excluding carboxylic acids is 1. The second kappa shape index (κ2) is 6.08. The lowest BCUT2D eigenvalue weighted by Crippen LogP contribution is -2.22. The summed E-state index contributed by atoms with van der Waals surface area (Å²) >= 11 is 0.911. The van der Waals surface area contributed by atoms with E-state index >= 15 is 0 Å². The van der Waals surface area contributed by atoms with Gasteiger partial charge in [0.2, 0.25) is 0 Å². The van der Waals surface area contributed by atoms with Crippen LogP contribution in [-0.2, 0) is 15.5 Å². The van der Waals surface area contributed by atoms with Gasteiger partial charge in [-0.25, -0.2) is 8.78 Å². The first-order valence-corrected chi connectivity index (χ1v) is 7.37. The van der Waals surface area contributed by atoms with Gasteiger partial charge in [0, 0.05) is 17.2 Å². The fourth-order valence-corrected chi connectivity index (χ4v) is 3.23. The van der Waals surface area contributed by atoms with Crippen molar-refractivity contribution in [3.8, 4) is 11.5 Å². The number of halogens is 2. The van der Waals surface area contributed by atoms with E-state index in [1.165, 1.54) is 39.3 Å². The van der Waals surface area contributed by atoms with Crippen molar-refractivity contribution in [1.82, 2.24) is 0 Å². The molecule has 0 fully saturated rings. The third kappa shape index (κ3) is 3.14. The Morgan fingerprint density at radius 1 is 1.36 bits per heavy atom. The van der Waals surface area contributed by atoms with Crippen LogP contribution in [0.4, 0.5) is 8.78 Å². The number of fused-ring (bicyclic) bond motifs is 1. The molecular formula is C15H16F2O4S. The number of rotatable bonds is 5. The molecule has 120 valence electrons. The zero-order chi connectivity index (χ0) is 16.5. The maximum absolute atomic E-state index is 14.3. The number of esters is 1. The van der Waals surface area contributed by atoms with Gasteiger partial charge in [-0.1, -0.05) is 6.92 Å². The summed E-state index contributed by atoms with van der Waals surface area (Å²) in [6.45, 7) is 1.40. The Kier molecular flexibility index (Phi) is 4.55. The number of phenols is 1. The molecule has 0 radical (unpaired) electrons. The standard InChI is InChI=1S/C15H16F2O4S/c1-8(14(19)21-3)7-15(16,17)13-5-9-4-10(18)11(20-2)6-12(9)22-13/h4-6,8,18H,7H2,1-3H3/t8-/m0/s1. The molecule has 0 amide bonds. The molecule has 0 spiro atoms. The van der Waals surface area contributed by atoms with Gasteiger partial charge in [0.15, 0.2) is 11.5 Å². The second-order valence-corrected chi connectivity index (χ2v) is 6.09. The summed E-state index contributed by atoms with van der Waals surface area (Å²) in [5, 5.41) is 10.2. The van der Waals surface area contributed by atoms with Gasteiger partial charge in [-0.05, 0) is 17.5 Å². The van der Waals surface area contributed by atoms with Crippen molar-refractivity contribution in [3.63, 3.8) is 0 Å². The molecule has 0 saturated heterocycles. The van der Waals surface area contributed by atoms with Crippen LogP contribution in [0.3, 0.4) is 0 Å². The molecule has 1 aromatic carbocycles. The average molecular weight is 330 g/mol. The molecule has 2 rings (SSSR count). The van der Waals surface area contributed by atoms with E-state index in [-0.39, 0.29) is 16.4 Å². The van der Waals surface area contributed by atoms with Crippen LogP contribution in [0, 0.1) is 5.92 Å². The molecule has 1 N–H and O–H groups in total. The smallest absolute Gasteiger partial charge is 0.308 e. The Morgan fingerprint density at radius 3 is 2.64 bits per heavy atom. The van der Waals surface area contributed by atoms with Crippen molar-refractivity contribution in [2.75, 3.05) is 14.2 Å². The predicted molar refractivity (Wildman–Crippen MR) is 79.7 cm³/mol. The number of aromatic hydroxyl groups is 1. The highest BCUT2D eigenvalue weighted by Gasteiger charge is 2.37. The molecule has 0 aliphatic rings. The van der Waals surface area contributed by atoms with Gasteiger partial charge >= 0.3 is 5.97 Å². The van der Waals surface area contributed by atoms with Gasteiger partial charge in [-0.15, -0.1) is 11.3 Å². The lowest BCUT2D eigenvalue weighted by molar-refractivity contribution is -0.148. The van der Waals surface area contributed by atoms with E-state index in [2.05, 4.69) is 4.74 Å². The summed E-state index contributed by atoms with van der Waals surface area (Å²) in [5.74, 6) is -4.61. The molecule has 4 nitrogen and oxygen atoms in total. The van der Waals surface area contributed by atoms with Crippen molar-refractivity contribution in [3.05, 3.63) is 23.1 Å². The third-order valence-electron chi connectivity index (χ3n) is 3.34. The monoisotopic (exact) mass is 330 g/mol. The zero-order valence-electron chi connectivity index (χ0n) is 12.4. The van der Waals surface area contributed by atoms with Gasteiger partial charge < -0.3 is 14.6 Å². The van der Waals surface area contributed by atoms with Crippen LogP contribution in [0.1, 0.15) is 18.2 Å². The largest absolute Gasteiger partial charge is 0.504 e. The number of carbonyl (C=O) groups is 1. The van der Waals surface area contributed by atoms with Crippen molar-refractivity contribution >= 4 is 27.4 Å². The molecule has 1 heterocycles. The van der Waals surface area contributed by atoms with Gasteiger partial charge in [0.05, 0.1) is 25.0 Å². The van der Waals surface area contributed by atoms with Gasteiger partial charge in [0.1, 0.15) is 0 Å². The van der Waals surface area contributed by atoms with E-state index < -0.39 is 24.2 Å². The molecule has 0 unspecified atom stereocenters. The minimum Gasteiger partial charge on any atom is -0.504 e. The van der Waals surface area contributed by atoms with Gasteiger partial charge in [-0.3, -0.25) is 4.79 Å². The second-order valence-electron chi connectivity index (χ2n) is 5.01. The summed E-state index contributed by atoms with van der Waals surface area (Å²) in [4.78, 5) is 11.2. The molecule has 0 aliphatic carbocycles. The first kappa shape index (κ1) is 16.5. The predicted octanol–water partition coefficient (Wildman–Crippen LogP) is 3.91. The molecule has 1 atom stereocenters. The highest BCUT2D eigenvalue weighted by atomic mass is 32.1. The van der Waals surface area contributed by atoms with Crippen LogP contribution in [0.15, 0.2) is 18.2 Å². The molecule has 7 heteroatoms. The number of thiophene rings is 1. The van der Waals surface area contributed by atoms with Crippen LogP contribution < -0.4 is 4.74 Å². The Bertz CT molecular complexity index is 696. The molecule has 0 bridgehead atoms. The zero-order valence-corrected chi connectivity index (χ0v) is 13.2. The lowest BCUT2D eigenvalue weighted by Gasteiger charge is -2.17. The van der Waals surface area contributed by atoms with Crippen LogP contribution in [0.5, 0.6) is 11.5 Å². The summed E-state index contributed by atoms with van der Waals surface area (Å²) in [5.41, 5.74) is 0. The quantitative estimate of drug-likeness (QED) is 0.845. The van der Waals surface area contributed by atoms with Crippen molar-refractivity contribution in [2.45, 2.75) is 19.3 Å². The summed E-state index contributed by atoms with van der Waals surface area (Å²) in [6.07, 6.45) is -0.629. The minimum absolute atomic E-state index is 0.106. The number of ether oxygens (including phenoxy) is 2. The number of benzene rings is 1. The van der Waals surface area contributed by atoms with Crippen LogP contribution in [-0.4, -0.2) is 25.3 Å². The molecule has 1 aromatic heterocycles. The lowest BCUT2D eigenvalue weighted by atomic mass is 10.0. The Labute approximate surface area is 130 Å². The molecular weight excluding hydrogens is 314 g/mol. The number of methoxy groups -OCH3 is 2. The molecule has 0 saturated carbocycles. The van der Waals surface area contributed by atoms with Gasteiger partial charge in [-0.2, -0.15) is 0 Å². The topological polar surface area (TPSA) is 55.8 Å². The third-order valence-corrected chi connectivity index (χ3v) is 4.55. The maximum Gasteiger partial charge on any atom is 0.308 e. The minimum atomic E-state index is -3.15. The molecule has 2 aromatic rings. The van der Waals surface area contributed by atoms with E-state index in [1.54, 1.807) is 0 Å². The van der Waals surface area contributed by atoms with Crippen LogP contribution in [0.25, 0.3) is 10.1 Å². The summed E-state index contributed by atoms with van der Waals surface area (Å²) < 4.78 is 38.7. The molecule has 22 heavy (non-hydrogen) atoms. The van der Waals surface area contributed by atoms with E-state index in [0.29, 0.717) is 10.1 Å². The van der Waals surface area contributed by atoms with Crippen LogP contribution in [0.2, 0.25) is 0 Å². The Balaban J connectivity index is 2.35. The van der Waals surface area contributed by atoms with E-state index in [4.69, 9.17) is 4.74 Å². The first-order valence-electron chi connectivity index (χ1n) is 6.55. The van der Waals surface area contributed by atoms with Crippen molar-refractivity contribution in [2.24, 2.45) is 5.92 Å². The average Bonchev–Trinajstić information content (AvgIpc) is 2.88. The summed E-state index contributed by atoms with van der Waals surface area (Å²) in [6, 6.07) is 4.22. The Morgan fingerprint density at radius 2 is 2.05 bits per heavy atom. The van der Waals surface area contributed by atoms with Crippen molar-refractivity contribution in [1.29, 1.82) is 0 Å². The van der Waals surface area contributed by atoms with E-state index in [9.17, 15) is 18.7 Å². The van der Waals surface area contributed by atoms with Gasteiger partial charge in [0.25, 0.3) is 5.92 Å². The highest BCUT2D eigenvalue weighted by molar-refractivity contribution is 7.19. The number of hydrogen-bond donors (Lipinski definition) is 1. The van der Waals surface area contributed by atoms with E-state index in [0.717, 1.165) is 11.3 Å². The highest BCUT2D eigenvalue weighted by Crippen LogP contribution is 2.43. The molecule has 0 aliphatic heterocycles. The maximum atomic E-state index is 14.3. The number of hydrogen-bond acceptors (Lipinski definition) is 5. The van der Waals surface area contributed by atoms with E-state index in [1.807, 2.05) is 0 Å². The Hall–Kier alpha value is -1.89. The first-order chi connectivity index (χ1) is 10.3. The number of phenolic OH excluding ortho intramolecular Hbond substituents is 1. The SMILES string of the molecule is COC(=O)[C@@H](C)CC(F)(F)c1cc2cc(O)c(OC)cc2s1. The van der Waals surface area contributed by atoms with Crippen LogP contribution >= 0.6 is 11.3 Å². The van der Waals surface area contributed by atoms with Crippen molar-refractivity contribution < 1.29 is 28.2 Å². The number of alkyl halides is 2. The normalized spacial score (nSPS) is 13.1. The fourth-order valence-electron chi connectivity index (χ4n) is 2.17. The summed E-state index contributed by atoms with van der Waals surface area (Å²) in [7, 11) is 2.56.